The molecule has 0 fully saturated rings. The van der Waals surface area contributed by atoms with Gasteiger partial charge in [0.15, 0.2) is 0 Å². The van der Waals surface area contributed by atoms with Crippen molar-refractivity contribution in [1.82, 2.24) is 9.88 Å². The molecule has 1 amide bonds. The van der Waals surface area contributed by atoms with Crippen molar-refractivity contribution in [2.45, 2.75) is 6.54 Å². The number of nitrogens with two attached hydrogens (primary N) is 1. The van der Waals surface area contributed by atoms with E-state index < -0.39 is 5.82 Å². The van der Waals surface area contributed by atoms with E-state index in [1.807, 2.05) is 11.4 Å². The Kier molecular flexibility index (Phi) is 5.04. The highest BCUT2D eigenvalue weighted by atomic mass is 32.1. The Morgan fingerprint density at radius 2 is 2.29 bits per heavy atom. The van der Waals surface area contributed by atoms with Gasteiger partial charge in [0.05, 0.1) is 24.8 Å². The summed E-state index contributed by atoms with van der Waals surface area (Å²) >= 11 is 1.52. The Balaban J connectivity index is 2.05. The highest BCUT2D eigenvalue weighted by Gasteiger charge is 2.14. The lowest BCUT2D eigenvalue weighted by Crippen LogP contribution is -2.26. The molecule has 0 saturated heterocycles. The first kappa shape index (κ1) is 15.2. The van der Waals surface area contributed by atoms with Crippen LogP contribution in [-0.4, -0.2) is 29.4 Å². The smallest absolute Gasteiger partial charge is 0.255 e. The number of halogens is 1. The average Bonchev–Trinajstić information content (AvgIpc) is 2.91. The first-order valence-electron chi connectivity index (χ1n) is 6.22. The summed E-state index contributed by atoms with van der Waals surface area (Å²) in [6, 6.07) is 3.10. The molecule has 0 aliphatic carbocycles. The number of thiophene rings is 1. The second-order valence-electron chi connectivity index (χ2n) is 4.36. The molecule has 0 atom stereocenters. The molecule has 6 heteroatoms. The lowest BCUT2D eigenvalue weighted by molar-refractivity contribution is 0.0785. The highest BCUT2D eigenvalue weighted by molar-refractivity contribution is 7.10. The van der Waals surface area contributed by atoms with Crippen LogP contribution in [0.3, 0.4) is 0 Å². The molecular weight excluding hydrogens is 289 g/mol. The van der Waals surface area contributed by atoms with Crippen LogP contribution in [-0.2, 0) is 6.54 Å². The van der Waals surface area contributed by atoms with E-state index in [-0.39, 0.29) is 11.5 Å². The summed E-state index contributed by atoms with van der Waals surface area (Å²) < 4.78 is 13.1. The van der Waals surface area contributed by atoms with Gasteiger partial charge in [0, 0.05) is 29.1 Å². The Morgan fingerprint density at radius 1 is 1.48 bits per heavy atom. The zero-order chi connectivity index (χ0) is 15.2. The van der Waals surface area contributed by atoms with Crippen LogP contribution in [0.2, 0.25) is 0 Å². The predicted molar refractivity (Wildman–Crippen MR) is 80.2 cm³/mol. The molecule has 0 aliphatic rings. The minimum Gasteiger partial charge on any atom is -0.337 e. The fraction of sp³-hybridized carbons (Fsp3) is 0.200. The summed E-state index contributed by atoms with van der Waals surface area (Å²) in [4.78, 5) is 18.4. The number of nitrogens with zero attached hydrogens (tertiary/aromatic N) is 2. The van der Waals surface area contributed by atoms with Crippen molar-refractivity contribution in [3.63, 3.8) is 0 Å². The summed E-state index contributed by atoms with van der Waals surface area (Å²) in [6.45, 7) is 0.750. The third-order valence-electron chi connectivity index (χ3n) is 2.68. The number of hydrogen-bond donors (Lipinski definition) is 1. The summed E-state index contributed by atoms with van der Waals surface area (Å²) in [5.41, 5.74) is 6.44. The summed E-state index contributed by atoms with van der Waals surface area (Å²) in [7, 11) is 1.66. The second-order valence-corrected chi connectivity index (χ2v) is 5.36. The topological polar surface area (TPSA) is 59.2 Å². The first-order valence-corrected chi connectivity index (χ1v) is 7.10. The Hall–Kier alpha value is -2.23. The van der Waals surface area contributed by atoms with Gasteiger partial charge < -0.3 is 10.6 Å². The maximum Gasteiger partial charge on any atom is 0.255 e. The summed E-state index contributed by atoms with van der Waals surface area (Å²) in [5, 5.41) is 1.92. The van der Waals surface area contributed by atoms with Gasteiger partial charge >= 0.3 is 0 Å². The second kappa shape index (κ2) is 6.97. The third-order valence-corrected chi connectivity index (χ3v) is 3.60. The largest absolute Gasteiger partial charge is 0.337 e. The lowest BCUT2D eigenvalue weighted by atomic mass is 10.2. The minimum atomic E-state index is -0.523. The zero-order valence-electron chi connectivity index (χ0n) is 11.5. The van der Waals surface area contributed by atoms with E-state index in [0.29, 0.717) is 13.1 Å². The van der Waals surface area contributed by atoms with Crippen LogP contribution in [0.25, 0.3) is 0 Å². The van der Waals surface area contributed by atoms with Gasteiger partial charge in [0.2, 0.25) is 0 Å². The number of carbonyl (C=O) groups excluding carboxylic acids is 1. The number of rotatable bonds is 3. The van der Waals surface area contributed by atoms with Crippen LogP contribution in [0.1, 0.15) is 20.8 Å². The zero-order valence-corrected chi connectivity index (χ0v) is 12.3. The molecule has 21 heavy (non-hydrogen) atoms. The van der Waals surface area contributed by atoms with Crippen LogP contribution in [0, 0.1) is 17.7 Å². The van der Waals surface area contributed by atoms with Crippen LogP contribution < -0.4 is 5.73 Å². The quantitative estimate of drug-likeness (QED) is 0.881. The fourth-order valence-corrected chi connectivity index (χ4v) is 2.61. The predicted octanol–water partition coefficient (Wildman–Crippen LogP) is 1.86. The van der Waals surface area contributed by atoms with Gasteiger partial charge in [-0.3, -0.25) is 9.78 Å². The van der Waals surface area contributed by atoms with E-state index >= 15 is 0 Å². The van der Waals surface area contributed by atoms with Crippen molar-refractivity contribution in [2.24, 2.45) is 5.73 Å². The van der Waals surface area contributed by atoms with E-state index in [1.54, 1.807) is 7.05 Å². The molecule has 0 saturated carbocycles. The van der Waals surface area contributed by atoms with Crippen molar-refractivity contribution in [2.75, 3.05) is 13.6 Å². The molecular formula is C15H14FN3OS. The lowest BCUT2D eigenvalue weighted by Gasteiger charge is -2.15. The third kappa shape index (κ3) is 4.12. The number of hydrogen-bond acceptors (Lipinski definition) is 4. The minimum absolute atomic E-state index is 0.234. The summed E-state index contributed by atoms with van der Waals surface area (Å²) in [5.74, 6) is 4.92. The molecule has 2 aromatic rings. The molecule has 0 radical (unpaired) electrons. The molecule has 2 rings (SSSR count). The van der Waals surface area contributed by atoms with Crippen LogP contribution in [0.4, 0.5) is 4.39 Å². The molecule has 4 nitrogen and oxygen atoms in total. The molecule has 0 aromatic carbocycles. The van der Waals surface area contributed by atoms with Crippen LogP contribution in [0.5, 0.6) is 0 Å². The molecule has 0 bridgehead atoms. The Morgan fingerprint density at radius 3 is 3.00 bits per heavy atom. The summed E-state index contributed by atoms with van der Waals surface area (Å²) in [6.07, 6.45) is 2.42. The van der Waals surface area contributed by atoms with E-state index in [2.05, 4.69) is 16.8 Å². The molecule has 108 valence electrons. The van der Waals surface area contributed by atoms with Crippen molar-refractivity contribution < 1.29 is 9.18 Å². The maximum absolute atomic E-state index is 13.1. The van der Waals surface area contributed by atoms with Gasteiger partial charge in [-0.05, 0) is 12.1 Å². The molecule has 2 N–H and O–H groups in total. The number of amides is 1. The first-order chi connectivity index (χ1) is 10.1. The van der Waals surface area contributed by atoms with Crippen molar-refractivity contribution in [3.8, 4) is 11.8 Å². The van der Waals surface area contributed by atoms with Gasteiger partial charge in [0.25, 0.3) is 5.91 Å². The number of aromatic nitrogens is 1. The van der Waals surface area contributed by atoms with Gasteiger partial charge in [-0.1, -0.05) is 11.8 Å². The highest BCUT2D eigenvalue weighted by Crippen LogP contribution is 2.16. The van der Waals surface area contributed by atoms with Crippen molar-refractivity contribution in [1.29, 1.82) is 0 Å². The van der Waals surface area contributed by atoms with Crippen molar-refractivity contribution in [3.05, 3.63) is 51.7 Å². The van der Waals surface area contributed by atoms with E-state index in [4.69, 9.17) is 5.73 Å². The average molecular weight is 303 g/mol. The maximum atomic E-state index is 13.1. The molecule has 2 heterocycles. The van der Waals surface area contributed by atoms with Crippen LogP contribution >= 0.6 is 11.3 Å². The number of carbonyl (C=O) groups is 1. The van der Waals surface area contributed by atoms with Gasteiger partial charge in [-0.25, -0.2) is 4.39 Å². The normalized spacial score (nSPS) is 9.86. The van der Waals surface area contributed by atoms with Gasteiger partial charge in [0.1, 0.15) is 5.82 Å². The monoisotopic (exact) mass is 303 g/mol. The Bertz CT molecular complexity index is 702. The molecule has 0 spiro atoms. The van der Waals surface area contributed by atoms with E-state index in [9.17, 15) is 9.18 Å². The van der Waals surface area contributed by atoms with Gasteiger partial charge in [-0.15, -0.1) is 11.3 Å². The van der Waals surface area contributed by atoms with E-state index in [0.717, 1.165) is 16.6 Å². The molecule has 0 unspecified atom stereocenters. The van der Waals surface area contributed by atoms with Gasteiger partial charge in [-0.2, -0.15) is 0 Å². The standard InChI is InChI=1S/C15H14FN3OS/c1-19(15(20)12-6-13(16)8-18-7-12)9-14-5-11(10-21-14)3-2-4-17/h5-8,10H,4,9,17H2,1H3. The van der Waals surface area contributed by atoms with Crippen LogP contribution in [0.15, 0.2) is 29.9 Å². The SMILES string of the molecule is CN(Cc1cc(C#CCN)cs1)C(=O)c1cncc(F)c1. The fourth-order valence-electron chi connectivity index (χ4n) is 1.74. The molecule has 2 aromatic heterocycles. The number of pyridine rings is 1. The molecule has 0 aliphatic heterocycles. The Labute approximate surface area is 126 Å². The van der Waals surface area contributed by atoms with E-state index in [1.165, 1.54) is 28.5 Å². The van der Waals surface area contributed by atoms with Crippen molar-refractivity contribution >= 4 is 17.2 Å².